The van der Waals surface area contributed by atoms with Gasteiger partial charge in [0, 0.05) is 6.04 Å². The van der Waals surface area contributed by atoms with Crippen LogP contribution in [-0.4, -0.2) is 28.4 Å². The maximum Gasteiger partial charge on any atom is 0.321 e. The van der Waals surface area contributed by atoms with Crippen molar-refractivity contribution < 1.29 is 9.53 Å². The van der Waals surface area contributed by atoms with Crippen molar-refractivity contribution in [2.45, 2.75) is 45.8 Å². The van der Waals surface area contributed by atoms with Crippen LogP contribution < -0.4 is 15.4 Å². The molecule has 2 rings (SSSR count). The van der Waals surface area contributed by atoms with Gasteiger partial charge in [-0.1, -0.05) is 23.5 Å². The van der Waals surface area contributed by atoms with Gasteiger partial charge in [0.05, 0.1) is 6.10 Å². The van der Waals surface area contributed by atoms with E-state index in [1.165, 1.54) is 16.9 Å². The largest absolute Gasteiger partial charge is 0.491 e. The third-order valence-corrected chi connectivity index (χ3v) is 3.73. The van der Waals surface area contributed by atoms with Gasteiger partial charge in [0.25, 0.3) is 0 Å². The van der Waals surface area contributed by atoms with Crippen LogP contribution in [0, 0.1) is 0 Å². The second-order valence-corrected chi connectivity index (χ2v) is 6.43. The van der Waals surface area contributed by atoms with Gasteiger partial charge >= 0.3 is 6.03 Å². The topological polar surface area (TPSA) is 76.1 Å². The number of aryl methyl sites for hydroxylation is 1. The molecule has 1 aromatic heterocycles. The van der Waals surface area contributed by atoms with Crippen molar-refractivity contribution in [1.82, 2.24) is 15.5 Å². The lowest BCUT2D eigenvalue weighted by atomic mass is 10.1. The highest BCUT2D eigenvalue weighted by Gasteiger charge is 2.09. The Labute approximate surface area is 140 Å². The Hall–Kier alpha value is -2.15. The Kier molecular flexibility index (Phi) is 6.34. The molecule has 0 saturated heterocycles. The number of carbonyl (C=O) groups is 1. The van der Waals surface area contributed by atoms with Gasteiger partial charge < -0.3 is 10.1 Å². The first kappa shape index (κ1) is 17.2. The first-order chi connectivity index (χ1) is 11.0. The molecule has 124 valence electrons. The van der Waals surface area contributed by atoms with Crippen molar-refractivity contribution in [1.29, 1.82) is 0 Å². The molecule has 0 aliphatic carbocycles. The highest BCUT2D eigenvalue weighted by molar-refractivity contribution is 7.13. The lowest BCUT2D eigenvalue weighted by Gasteiger charge is -2.14. The normalized spacial score (nSPS) is 12.0. The quantitative estimate of drug-likeness (QED) is 0.813. The monoisotopic (exact) mass is 334 g/mol. The summed E-state index contributed by atoms with van der Waals surface area (Å²) < 4.78 is 5.62. The summed E-state index contributed by atoms with van der Waals surface area (Å²) >= 11 is 1.29. The average Bonchev–Trinajstić information content (AvgIpc) is 2.98. The molecule has 2 N–H and O–H groups in total. The van der Waals surface area contributed by atoms with E-state index in [2.05, 4.69) is 33.0 Å². The smallest absolute Gasteiger partial charge is 0.321 e. The molecule has 6 nitrogen and oxygen atoms in total. The fourth-order valence-electron chi connectivity index (χ4n) is 2.05. The van der Waals surface area contributed by atoms with Crippen LogP contribution >= 0.6 is 11.3 Å². The number of nitrogens with zero attached hydrogens (tertiary/aromatic N) is 2. The Balaban J connectivity index is 1.73. The van der Waals surface area contributed by atoms with E-state index in [4.69, 9.17) is 4.74 Å². The van der Waals surface area contributed by atoms with E-state index in [0.29, 0.717) is 5.13 Å². The number of carbonyl (C=O) groups excluding carboxylic acids is 1. The van der Waals surface area contributed by atoms with Crippen LogP contribution in [0.25, 0.3) is 0 Å². The third-order valence-electron chi connectivity index (χ3n) is 3.12. The highest BCUT2D eigenvalue weighted by atomic mass is 32.1. The van der Waals surface area contributed by atoms with Gasteiger partial charge in [0.1, 0.15) is 11.3 Å². The number of benzene rings is 1. The molecule has 23 heavy (non-hydrogen) atoms. The van der Waals surface area contributed by atoms with Crippen molar-refractivity contribution in [2.75, 3.05) is 5.32 Å². The molecular formula is C16H22N4O2S. The Morgan fingerprint density at radius 1 is 1.26 bits per heavy atom. The zero-order chi connectivity index (χ0) is 16.7. The molecule has 0 unspecified atom stereocenters. The molecule has 0 radical (unpaired) electrons. The Bertz CT molecular complexity index is 599. The van der Waals surface area contributed by atoms with Gasteiger partial charge in [-0.15, -0.1) is 10.2 Å². The average molecular weight is 334 g/mol. The number of hydrogen-bond acceptors (Lipinski definition) is 5. The lowest BCUT2D eigenvalue weighted by Crippen LogP contribution is -2.36. The van der Waals surface area contributed by atoms with E-state index in [0.717, 1.165) is 18.6 Å². The first-order valence-electron chi connectivity index (χ1n) is 7.62. The third kappa shape index (κ3) is 6.23. The van der Waals surface area contributed by atoms with Crippen LogP contribution in [0.1, 0.15) is 32.8 Å². The van der Waals surface area contributed by atoms with E-state index in [-0.39, 0.29) is 18.2 Å². The van der Waals surface area contributed by atoms with E-state index in [1.54, 1.807) is 5.51 Å². The fraction of sp³-hybridized carbons (Fsp3) is 0.438. The minimum absolute atomic E-state index is 0.0644. The van der Waals surface area contributed by atoms with Gasteiger partial charge in [0.15, 0.2) is 0 Å². The molecule has 0 saturated carbocycles. The Morgan fingerprint density at radius 2 is 2.00 bits per heavy atom. The number of hydrogen-bond donors (Lipinski definition) is 2. The molecule has 1 aromatic carbocycles. The molecule has 1 heterocycles. The molecule has 0 aliphatic heterocycles. The van der Waals surface area contributed by atoms with Gasteiger partial charge in [-0.2, -0.15) is 0 Å². The molecule has 2 amide bonds. The van der Waals surface area contributed by atoms with Gasteiger partial charge in [-0.3, -0.25) is 5.32 Å². The molecule has 0 bridgehead atoms. The molecule has 0 aliphatic rings. The van der Waals surface area contributed by atoms with Crippen LogP contribution in [0.5, 0.6) is 5.75 Å². The zero-order valence-corrected chi connectivity index (χ0v) is 14.4. The van der Waals surface area contributed by atoms with E-state index < -0.39 is 0 Å². The Morgan fingerprint density at radius 3 is 2.61 bits per heavy atom. The lowest BCUT2D eigenvalue weighted by molar-refractivity contribution is 0.242. The summed E-state index contributed by atoms with van der Waals surface area (Å²) in [7, 11) is 0. The summed E-state index contributed by atoms with van der Waals surface area (Å²) in [6.07, 6.45) is 1.92. The summed E-state index contributed by atoms with van der Waals surface area (Å²) in [6.45, 7) is 6.00. The fourth-order valence-corrected chi connectivity index (χ4v) is 2.49. The number of urea groups is 1. The predicted octanol–water partition coefficient (Wildman–Crippen LogP) is 3.47. The van der Waals surface area contributed by atoms with Crippen LogP contribution in [0.3, 0.4) is 0 Å². The van der Waals surface area contributed by atoms with Gasteiger partial charge in [0.2, 0.25) is 5.13 Å². The number of rotatable bonds is 7. The molecule has 1 atom stereocenters. The number of ether oxygens (including phenoxy) is 1. The maximum atomic E-state index is 11.8. The molecular weight excluding hydrogens is 312 g/mol. The molecule has 7 heteroatoms. The number of amides is 2. The summed E-state index contributed by atoms with van der Waals surface area (Å²) in [5.74, 6) is 0.881. The minimum Gasteiger partial charge on any atom is -0.491 e. The van der Waals surface area contributed by atoms with Crippen molar-refractivity contribution in [3.63, 3.8) is 0 Å². The number of anilines is 1. The second-order valence-electron chi connectivity index (χ2n) is 5.59. The summed E-state index contributed by atoms with van der Waals surface area (Å²) in [5.41, 5.74) is 2.80. The summed E-state index contributed by atoms with van der Waals surface area (Å²) in [4.78, 5) is 11.8. The van der Waals surface area contributed by atoms with E-state index in [1.807, 2.05) is 32.9 Å². The van der Waals surface area contributed by atoms with Gasteiger partial charge in [-0.25, -0.2) is 4.79 Å². The first-order valence-corrected chi connectivity index (χ1v) is 8.50. The summed E-state index contributed by atoms with van der Waals surface area (Å²) in [5, 5.41) is 13.5. The van der Waals surface area contributed by atoms with Gasteiger partial charge in [-0.05, 0) is 51.3 Å². The summed E-state index contributed by atoms with van der Waals surface area (Å²) in [6, 6.07) is 7.90. The van der Waals surface area contributed by atoms with Crippen molar-refractivity contribution in [2.24, 2.45) is 0 Å². The van der Waals surface area contributed by atoms with Crippen LogP contribution in [0.2, 0.25) is 0 Å². The van der Waals surface area contributed by atoms with Crippen molar-refractivity contribution in [3.8, 4) is 5.75 Å². The van der Waals surface area contributed by atoms with Crippen LogP contribution in [-0.2, 0) is 6.42 Å². The van der Waals surface area contributed by atoms with Crippen molar-refractivity contribution >= 4 is 22.5 Å². The van der Waals surface area contributed by atoms with Crippen LogP contribution in [0.4, 0.5) is 9.93 Å². The number of nitrogens with one attached hydrogen (secondary N) is 2. The van der Waals surface area contributed by atoms with Crippen molar-refractivity contribution in [3.05, 3.63) is 35.3 Å². The molecule has 0 spiro atoms. The molecule has 2 aromatic rings. The number of aromatic nitrogens is 2. The zero-order valence-electron chi connectivity index (χ0n) is 13.6. The van der Waals surface area contributed by atoms with E-state index in [9.17, 15) is 4.79 Å². The maximum absolute atomic E-state index is 11.8. The predicted molar refractivity (Wildman–Crippen MR) is 92.1 cm³/mol. The van der Waals surface area contributed by atoms with Crippen LogP contribution in [0.15, 0.2) is 29.8 Å². The molecule has 0 fully saturated rings. The standard InChI is InChI=1S/C16H22N4O2S/c1-11(2)22-14-8-6-13(7-9-14)5-4-12(3)18-15(21)19-16-20-17-10-23-16/h6-12H,4-5H2,1-3H3,(H2,18,19,20,21)/t12-/m1/s1. The van der Waals surface area contributed by atoms with E-state index >= 15 is 0 Å². The highest BCUT2D eigenvalue weighted by Crippen LogP contribution is 2.15. The second kappa shape index (κ2) is 8.47. The SMILES string of the molecule is CC(C)Oc1ccc(CC[C@@H](C)NC(=O)Nc2nncs2)cc1. The minimum atomic E-state index is -0.255.